The summed E-state index contributed by atoms with van der Waals surface area (Å²) in [5, 5.41) is 15.9. The van der Waals surface area contributed by atoms with Gasteiger partial charge < -0.3 is 15.7 Å². The highest BCUT2D eigenvalue weighted by Crippen LogP contribution is 2.25. The number of para-hydroxylation sites is 2. The van der Waals surface area contributed by atoms with Crippen LogP contribution in [0.3, 0.4) is 0 Å². The Morgan fingerprint density at radius 3 is 2.40 bits per heavy atom. The first-order valence-electron chi connectivity index (χ1n) is 7.49. The lowest BCUT2D eigenvalue weighted by Crippen LogP contribution is -2.06. The largest absolute Gasteiger partial charge is 0.478 e. The highest BCUT2D eigenvalue weighted by Gasteiger charge is 2.11. The molecule has 3 N–H and O–H groups in total. The van der Waals surface area contributed by atoms with Gasteiger partial charge in [-0.3, -0.25) is 0 Å². The van der Waals surface area contributed by atoms with Crippen molar-refractivity contribution in [2.75, 3.05) is 10.6 Å². The van der Waals surface area contributed by atoms with Crippen LogP contribution in [-0.2, 0) is 0 Å². The summed E-state index contributed by atoms with van der Waals surface area (Å²) < 4.78 is 0. The van der Waals surface area contributed by atoms with E-state index in [2.05, 4.69) is 20.6 Å². The summed E-state index contributed by atoms with van der Waals surface area (Å²) >= 11 is 6.14. The fraction of sp³-hybridized carbons (Fsp3) is 0.0556. The molecule has 3 rings (SSSR count). The molecule has 1 aromatic heterocycles. The molecular weight excluding hydrogens is 340 g/mol. The van der Waals surface area contributed by atoms with Crippen LogP contribution in [0, 0.1) is 6.92 Å². The minimum Gasteiger partial charge on any atom is -0.478 e. The molecule has 0 saturated carbocycles. The van der Waals surface area contributed by atoms with Crippen molar-refractivity contribution in [2.45, 2.75) is 6.92 Å². The number of nitrogens with zero attached hydrogens (tertiary/aromatic N) is 2. The van der Waals surface area contributed by atoms with E-state index in [4.69, 9.17) is 11.6 Å². The summed E-state index contributed by atoms with van der Waals surface area (Å²) in [6.07, 6.45) is 0. The van der Waals surface area contributed by atoms with Crippen molar-refractivity contribution in [2.24, 2.45) is 0 Å². The van der Waals surface area contributed by atoms with E-state index in [-0.39, 0.29) is 5.56 Å². The molecule has 0 saturated heterocycles. The second kappa shape index (κ2) is 7.19. The Labute approximate surface area is 149 Å². The normalized spacial score (nSPS) is 10.3. The van der Waals surface area contributed by atoms with Crippen LogP contribution in [0.4, 0.5) is 23.1 Å². The molecule has 7 heteroatoms. The maximum Gasteiger partial charge on any atom is 0.337 e. The van der Waals surface area contributed by atoms with E-state index in [0.717, 1.165) is 5.69 Å². The van der Waals surface area contributed by atoms with Crippen LogP contribution in [0.2, 0.25) is 5.02 Å². The molecule has 0 bridgehead atoms. The zero-order valence-corrected chi connectivity index (χ0v) is 14.1. The fourth-order valence-corrected chi connectivity index (χ4v) is 2.47. The number of aromatic nitrogens is 2. The molecule has 0 unspecified atom stereocenters. The first-order chi connectivity index (χ1) is 12.0. The van der Waals surface area contributed by atoms with Gasteiger partial charge in [0.15, 0.2) is 0 Å². The predicted octanol–water partition coefficient (Wildman–Crippen LogP) is 4.62. The number of carboxylic acid groups (broad SMARTS) is 1. The molecule has 0 aliphatic heterocycles. The van der Waals surface area contributed by atoms with Crippen molar-refractivity contribution >= 4 is 40.7 Å². The topological polar surface area (TPSA) is 87.1 Å². The SMILES string of the molecule is Cc1cc(Nc2ccccc2C(=O)O)nc(Nc2ccccc2Cl)n1. The Balaban J connectivity index is 1.90. The van der Waals surface area contributed by atoms with Crippen molar-refractivity contribution in [1.29, 1.82) is 0 Å². The van der Waals surface area contributed by atoms with E-state index in [0.29, 0.717) is 28.2 Å². The second-order valence-electron chi connectivity index (χ2n) is 5.30. The highest BCUT2D eigenvalue weighted by molar-refractivity contribution is 6.33. The summed E-state index contributed by atoms with van der Waals surface area (Å²) in [5.74, 6) is -0.164. The van der Waals surface area contributed by atoms with Gasteiger partial charge in [0, 0.05) is 11.8 Å². The van der Waals surface area contributed by atoms with Crippen molar-refractivity contribution in [1.82, 2.24) is 9.97 Å². The lowest BCUT2D eigenvalue weighted by Gasteiger charge is -2.12. The van der Waals surface area contributed by atoms with E-state index in [9.17, 15) is 9.90 Å². The molecule has 0 fully saturated rings. The number of hydrogen-bond donors (Lipinski definition) is 3. The van der Waals surface area contributed by atoms with Gasteiger partial charge in [0.25, 0.3) is 0 Å². The second-order valence-corrected chi connectivity index (χ2v) is 5.71. The maximum absolute atomic E-state index is 11.3. The number of carbonyl (C=O) groups is 1. The van der Waals surface area contributed by atoms with Crippen LogP contribution in [0.15, 0.2) is 54.6 Å². The summed E-state index contributed by atoms with van der Waals surface area (Å²) in [7, 11) is 0. The van der Waals surface area contributed by atoms with Crippen LogP contribution in [0.25, 0.3) is 0 Å². The zero-order valence-electron chi connectivity index (χ0n) is 13.3. The predicted molar refractivity (Wildman–Crippen MR) is 98.2 cm³/mol. The number of rotatable bonds is 5. The number of carboxylic acids is 1. The van der Waals surface area contributed by atoms with Gasteiger partial charge in [-0.05, 0) is 31.2 Å². The van der Waals surface area contributed by atoms with Crippen LogP contribution in [0.5, 0.6) is 0 Å². The molecule has 3 aromatic rings. The molecular formula is C18H15ClN4O2. The van der Waals surface area contributed by atoms with Crippen molar-refractivity contribution < 1.29 is 9.90 Å². The number of halogens is 1. The number of hydrogen-bond acceptors (Lipinski definition) is 5. The van der Waals surface area contributed by atoms with Gasteiger partial charge in [0.05, 0.1) is 22.0 Å². The molecule has 0 aliphatic rings. The molecule has 25 heavy (non-hydrogen) atoms. The number of anilines is 4. The average Bonchev–Trinajstić information content (AvgIpc) is 2.57. The van der Waals surface area contributed by atoms with E-state index < -0.39 is 5.97 Å². The number of benzene rings is 2. The van der Waals surface area contributed by atoms with E-state index >= 15 is 0 Å². The van der Waals surface area contributed by atoms with Gasteiger partial charge in [0.1, 0.15) is 5.82 Å². The zero-order chi connectivity index (χ0) is 17.8. The molecule has 0 amide bonds. The minimum absolute atomic E-state index is 0.166. The van der Waals surface area contributed by atoms with Crippen LogP contribution < -0.4 is 10.6 Å². The van der Waals surface area contributed by atoms with Gasteiger partial charge in [0.2, 0.25) is 5.95 Å². The minimum atomic E-state index is -1.01. The standard InChI is InChI=1S/C18H15ClN4O2/c1-11-10-16(21-14-8-4-2-6-12(14)17(24)25)23-18(20-11)22-15-9-5-3-7-13(15)19/h2-10H,1H3,(H,24,25)(H2,20,21,22,23). The number of aryl methyl sites for hydroxylation is 1. The quantitative estimate of drug-likeness (QED) is 0.619. The monoisotopic (exact) mass is 354 g/mol. The lowest BCUT2D eigenvalue weighted by atomic mass is 10.2. The third-order valence-electron chi connectivity index (χ3n) is 3.39. The maximum atomic E-state index is 11.3. The van der Waals surface area contributed by atoms with Gasteiger partial charge in [-0.15, -0.1) is 0 Å². The lowest BCUT2D eigenvalue weighted by molar-refractivity contribution is 0.0698. The van der Waals surface area contributed by atoms with Crippen molar-refractivity contribution in [3.63, 3.8) is 0 Å². The molecule has 0 radical (unpaired) electrons. The molecule has 0 atom stereocenters. The molecule has 6 nitrogen and oxygen atoms in total. The van der Waals surface area contributed by atoms with Crippen LogP contribution >= 0.6 is 11.6 Å². The number of nitrogens with one attached hydrogen (secondary N) is 2. The first kappa shape index (κ1) is 16.7. The Kier molecular flexibility index (Phi) is 4.81. The summed E-state index contributed by atoms with van der Waals surface area (Å²) in [6, 6.07) is 15.6. The Bertz CT molecular complexity index is 930. The number of aromatic carboxylic acids is 1. The molecule has 126 valence electrons. The third kappa shape index (κ3) is 4.05. The molecule has 2 aromatic carbocycles. The van der Waals surface area contributed by atoms with E-state index in [1.165, 1.54) is 6.07 Å². The van der Waals surface area contributed by atoms with Crippen LogP contribution in [0.1, 0.15) is 16.1 Å². The molecule has 1 heterocycles. The Morgan fingerprint density at radius 2 is 1.68 bits per heavy atom. The third-order valence-corrected chi connectivity index (χ3v) is 3.72. The smallest absolute Gasteiger partial charge is 0.337 e. The van der Waals surface area contributed by atoms with Gasteiger partial charge in [-0.1, -0.05) is 35.9 Å². The van der Waals surface area contributed by atoms with E-state index in [1.54, 1.807) is 30.3 Å². The average molecular weight is 355 g/mol. The fourth-order valence-electron chi connectivity index (χ4n) is 2.29. The highest BCUT2D eigenvalue weighted by atomic mass is 35.5. The summed E-state index contributed by atoms with van der Waals surface area (Å²) in [5.41, 5.74) is 2.03. The summed E-state index contributed by atoms with van der Waals surface area (Å²) in [4.78, 5) is 20.0. The van der Waals surface area contributed by atoms with Crippen molar-refractivity contribution in [3.05, 3.63) is 70.9 Å². The molecule has 0 spiro atoms. The van der Waals surface area contributed by atoms with Gasteiger partial charge >= 0.3 is 5.97 Å². The van der Waals surface area contributed by atoms with Crippen LogP contribution in [-0.4, -0.2) is 21.0 Å². The first-order valence-corrected chi connectivity index (χ1v) is 7.87. The van der Waals surface area contributed by atoms with E-state index in [1.807, 2.05) is 25.1 Å². The molecule has 0 aliphatic carbocycles. The Morgan fingerprint density at radius 1 is 1.00 bits per heavy atom. The van der Waals surface area contributed by atoms with Gasteiger partial charge in [-0.2, -0.15) is 4.98 Å². The Hall–Kier alpha value is -3.12. The van der Waals surface area contributed by atoms with Crippen molar-refractivity contribution in [3.8, 4) is 0 Å². The van der Waals surface area contributed by atoms with Gasteiger partial charge in [-0.25, -0.2) is 9.78 Å². The summed E-state index contributed by atoms with van der Waals surface area (Å²) in [6.45, 7) is 1.83.